The SMILES string of the molecule is CN(C)CCNC(=O)c1cncc(-c2ccc(C(=O)N3CCN(C(=O)c4cccc(C(F)(F)F)c4)CC3)cc2)c1. The van der Waals surface area contributed by atoms with Crippen LogP contribution in [-0.4, -0.2) is 90.8 Å². The second kappa shape index (κ2) is 12.3. The van der Waals surface area contributed by atoms with E-state index in [2.05, 4.69) is 10.3 Å². The minimum atomic E-state index is -4.53. The molecule has 1 aliphatic rings. The van der Waals surface area contributed by atoms with Gasteiger partial charge in [-0.05, 0) is 56.1 Å². The number of hydrogen-bond acceptors (Lipinski definition) is 5. The number of hydrogen-bond donors (Lipinski definition) is 1. The Bertz CT molecular complexity index is 1370. The Labute approximate surface area is 230 Å². The Morgan fingerprint density at radius 3 is 2.05 bits per heavy atom. The van der Waals surface area contributed by atoms with Gasteiger partial charge in [-0.25, -0.2) is 0 Å². The number of amides is 3. The smallest absolute Gasteiger partial charge is 0.351 e. The molecule has 210 valence electrons. The number of nitrogens with one attached hydrogen (secondary N) is 1. The predicted octanol–water partition coefficient (Wildman–Crippen LogP) is 3.66. The highest BCUT2D eigenvalue weighted by Gasteiger charge is 2.32. The maximum atomic E-state index is 13.1. The van der Waals surface area contributed by atoms with Gasteiger partial charge in [0.25, 0.3) is 17.7 Å². The van der Waals surface area contributed by atoms with Gasteiger partial charge < -0.3 is 20.0 Å². The number of carbonyl (C=O) groups excluding carboxylic acids is 3. The lowest BCUT2D eigenvalue weighted by atomic mass is 10.0. The average Bonchev–Trinajstić information content (AvgIpc) is 2.96. The van der Waals surface area contributed by atoms with Crippen LogP contribution >= 0.6 is 0 Å². The van der Waals surface area contributed by atoms with E-state index in [1.54, 1.807) is 41.4 Å². The fourth-order valence-electron chi connectivity index (χ4n) is 4.33. The van der Waals surface area contributed by atoms with E-state index in [1.165, 1.54) is 23.2 Å². The third-order valence-corrected chi connectivity index (χ3v) is 6.60. The molecule has 1 aromatic heterocycles. The molecular weight excluding hydrogens is 523 g/mol. The monoisotopic (exact) mass is 553 g/mol. The van der Waals surface area contributed by atoms with Crippen LogP contribution < -0.4 is 5.32 Å². The number of benzene rings is 2. The van der Waals surface area contributed by atoms with Crippen LogP contribution in [0.25, 0.3) is 11.1 Å². The zero-order chi connectivity index (χ0) is 28.9. The Kier molecular flexibility index (Phi) is 8.83. The highest BCUT2D eigenvalue weighted by Crippen LogP contribution is 2.30. The summed E-state index contributed by atoms with van der Waals surface area (Å²) in [5, 5.41) is 2.86. The molecular formula is C29H30F3N5O3. The average molecular weight is 554 g/mol. The van der Waals surface area contributed by atoms with Crippen molar-refractivity contribution in [2.75, 3.05) is 53.4 Å². The molecule has 0 aliphatic carbocycles. The van der Waals surface area contributed by atoms with Crippen molar-refractivity contribution in [2.24, 2.45) is 0 Å². The first-order valence-corrected chi connectivity index (χ1v) is 12.8. The largest absolute Gasteiger partial charge is 0.416 e. The number of pyridine rings is 1. The van der Waals surface area contributed by atoms with Crippen LogP contribution in [0.5, 0.6) is 0 Å². The van der Waals surface area contributed by atoms with Crippen molar-refractivity contribution in [2.45, 2.75) is 6.18 Å². The third-order valence-electron chi connectivity index (χ3n) is 6.60. The van der Waals surface area contributed by atoms with E-state index in [1.807, 2.05) is 19.0 Å². The van der Waals surface area contributed by atoms with E-state index in [0.717, 1.165) is 29.8 Å². The van der Waals surface area contributed by atoms with Gasteiger partial charge in [-0.3, -0.25) is 19.4 Å². The lowest BCUT2D eigenvalue weighted by Gasteiger charge is -2.35. The summed E-state index contributed by atoms with van der Waals surface area (Å²) in [6.45, 7) is 2.19. The van der Waals surface area contributed by atoms with E-state index in [9.17, 15) is 27.6 Å². The van der Waals surface area contributed by atoms with Gasteiger partial charge in [0.05, 0.1) is 11.1 Å². The molecule has 0 saturated carbocycles. The van der Waals surface area contributed by atoms with E-state index < -0.39 is 17.6 Å². The van der Waals surface area contributed by atoms with Crippen LogP contribution in [0.1, 0.15) is 36.6 Å². The molecule has 0 unspecified atom stereocenters. The summed E-state index contributed by atoms with van der Waals surface area (Å²) < 4.78 is 39.1. The molecule has 0 radical (unpaired) electrons. The molecule has 3 amide bonds. The molecule has 11 heteroatoms. The van der Waals surface area contributed by atoms with E-state index in [4.69, 9.17) is 0 Å². The Hall–Kier alpha value is -4.25. The second-order valence-electron chi connectivity index (χ2n) is 9.76. The highest BCUT2D eigenvalue weighted by molar-refractivity contribution is 5.97. The Morgan fingerprint density at radius 1 is 0.825 bits per heavy atom. The van der Waals surface area contributed by atoms with Gasteiger partial charge in [-0.2, -0.15) is 13.2 Å². The van der Waals surface area contributed by atoms with Crippen LogP contribution in [0.15, 0.2) is 67.0 Å². The van der Waals surface area contributed by atoms with Gasteiger partial charge in [0, 0.05) is 68.4 Å². The number of piperazine rings is 1. The van der Waals surface area contributed by atoms with Crippen molar-refractivity contribution in [3.05, 3.63) is 89.2 Å². The van der Waals surface area contributed by atoms with Crippen molar-refractivity contribution >= 4 is 17.7 Å². The summed E-state index contributed by atoms with van der Waals surface area (Å²) >= 11 is 0. The maximum absolute atomic E-state index is 13.1. The first kappa shape index (κ1) is 28.8. The first-order chi connectivity index (χ1) is 19.0. The molecule has 1 fully saturated rings. The van der Waals surface area contributed by atoms with Gasteiger partial charge in [-0.15, -0.1) is 0 Å². The summed E-state index contributed by atoms with van der Waals surface area (Å²) in [4.78, 5) is 47.5. The van der Waals surface area contributed by atoms with Crippen molar-refractivity contribution in [3.63, 3.8) is 0 Å². The summed E-state index contributed by atoms with van der Waals surface area (Å²) in [6, 6.07) is 13.1. The number of halogens is 3. The minimum absolute atomic E-state index is 0.0326. The summed E-state index contributed by atoms with van der Waals surface area (Å²) in [5.74, 6) is -0.914. The van der Waals surface area contributed by atoms with Crippen LogP contribution in [0.2, 0.25) is 0 Å². The molecule has 2 aromatic carbocycles. The maximum Gasteiger partial charge on any atom is 0.416 e. The highest BCUT2D eigenvalue weighted by atomic mass is 19.4. The van der Waals surface area contributed by atoms with Gasteiger partial charge >= 0.3 is 6.18 Å². The number of carbonyl (C=O) groups is 3. The number of likely N-dealkylation sites (N-methyl/N-ethyl adjacent to an activating group) is 1. The number of aromatic nitrogens is 1. The second-order valence-corrected chi connectivity index (χ2v) is 9.76. The van der Waals surface area contributed by atoms with E-state index in [0.29, 0.717) is 17.7 Å². The zero-order valence-electron chi connectivity index (χ0n) is 22.2. The van der Waals surface area contributed by atoms with Gasteiger partial charge in [0.1, 0.15) is 0 Å². The number of alkyl halides is 3. The quantitative estimate of drug-likeness (QED) is 0.483. The van der Waals surface area contributed by atoms with E-state index in [-0.39, 0.29) is 43.6 Å². The molecule has 2 heterocycles. The molecule has 3 aromatic rings. The molecule has 1 saturated heterocycles. The number of rotatable bonds is 7. The first-order valence-electron chi connectivity index (χ1n) is 12.8. The topological polar surface area (TPSA) is 85.8 Å². The van der Waals surface area contributed by atoms with Gasteiger partial charge in [-0.1, -0.05) is 18.2 Å². The summed E-state index contributed by atoms with van der Waals surface area (Å²) in [7, 11) is 3.85. The molecule has 8 nitrogen and oxygen atoms in total. The lowest BCUT2D eigenvalue weighted by molar-refractivity contribution is -0.137. The molecule has 40 heavy (non-hydrogen) atoms. The van der Waals surface area contributed by atoms with Gasteiger partial charge in [0.15, 0.2) is 0 Å². The van der Waals surface area contributed by atoms with Crippen molar-refractivity contribution < 1.29 is 27.6 Å². The molecule has 0 spiro atoms. The van der Waals surface area contributed by atoms with Crippen molar-refractivity contribution in [3.8, 4) is 11.1 Å². The van der Waals surface area contributed by atoms with E-state index >= 15 is 0 Å². The Morgan fingerprint density at radius 2 is 1.45 bits per heavy atom. The molecule has 0 bridgehead atoms. The molecule has 4 rings (SSSR count). The van der Waals surface area contributed by atoms with Gasteiger partial charge in [0.2, 0.25) is 0 Å². The predicted molar refractivity (Wildman–Crippen MR) is 144 cm³/mol. The van der Waals surface area contributed by atoms with Crippen LogP contribution in [0.4, 0.5) is 13.2 Å². The van der Waals surface area contributed by atoms with Crippen LogP contribution in [-0.2, 0) is 6.18 Å². The normalized spacial score (nSPS) is 13.8. The minimum Gasteiger partial charge on any atom is -0.351 e. The number of nitrogens with zero attached hydrogens (tertiary/aromatic N) is 4. The van der Waals surface area contributed by atoms with Crippen LogP contribution in [0, 0.1) is 0 Å². The summed E-state index contributed by atoms with van der Waals surface area (Å²) in [5.41, 5.74) is 1.53. The third kappa shape index (κ3) is 7.03. The lowest BCUT2D eigenvalue weighted by Crippen LogP contribution is -2.50. The van der Waals surface area contributed by atoms with Crippen molar-refractivity contribution in [1.82, 2.24) is 25.0 Å². The zero-order valence-corrected chi connectivity index (χ0v) is 22.2. The molecule has 1 N–H and O–H groups in total. The standard InChI is InChI=1S/C29H30F3N5O3/c1-35(2)11-10-34-26(38)24-16-23(18-33-19-24)20-6-8-21(9-7-20)27(39)36-12-14-37(15-13-36)28(40)22-4-3-5-25(17-22)29(30,31)32/h3-9,16-19H,10-15H2,1-2H3,(H,34,38). The van der Waals surface area contributed by atoms with Crippen LogP contribution in [0.3, 0.4) is 0 Å². The Balaban J connectivity index is 1.35. The van der Waals surface area contributed by atoms with Crippen molar-refractivity contribution in [1.29, 1.82) is 0 Å². The molecule has 0 atom stereocenters. The fourth-order valence-corrected chi connectivity index (χ4v) is 4.33. The fraction of sp³-hybridized carbons (Fsp3) is 0.310. The summed E-state index contributed by atoms with van der Waals surface area (Å²) in [6.07, 6.45) is -1.38. The molecule has 1 aliphatic heterocycles.